The molecule has 1 rings (SSSR count). The molecular weight excluding hydrogens is 363 g/mol. The SMILES string of the molecule is CCNC(=NCCCCN1CCC(C)CC1)NCC.I. The predicted octanol–water partition coefficient (Wildman–Crippen LogP) is 2.69. The Morgan fingerprint density at radius 1 is 1.10 bits per heavy atom. The molecule has 0 spiro atoms. The smallest absolute Gasteiger partial charge is 0.191 e. The van der Waals surface area contributed by atoms with Gasteiger partial charge in [0.1, 0.15) is 0 Å². The number of nitrogens with zero attached hydrogens (tertiary/aromatic N) is 2. The largest absolute Gasteiger partial charge is 0.357 e. The lowest BCUT2D eigenvalue weighted by molar-refractivity contribution is 0.190. The van der Waals surface area contributed by atoms with E-state index in [-0.39, 0.29) is 24.0 Å². The third-order valence-electron chi connectivity index (χ3n) is 3.72. The Bertz CT molecular complexity index is 242. The van der Waals surface area contributed by atoms with E-state index in [4.69, 9.17) is 0 Å². The van der Waals surface area contributed by atoms with Crippen LogP contribution in [0.15, 0.2) is 4.99 Å². The summed E-state index contributed by atoms with van der Waals surface area (Å²) in [5.41, 5.74) is 0. The topological polar surface area (TPSA) is 39.7 Å². The van der Waals surface area contributed by atoms with Gasteiger partial charge in [-0.1, -0.05) is 6.92 Å². The maximum absolute atomic E-state index is 4.57. The standard InChI is InChI=1S/C15H32N4.HI/c1-4-16-15(17-5-2)18-10-6-7-11-19-12-8-14(3)9-13-19;/h14H,4-13H2,1-3H3,(H2,16,17,18);1H. The highest BCUT2D eigenvalue weighted by molar-refractivity contribution is 14.0. The third-order valence-corrected chi connectivity index (χ3v) is 3.72. The minimum absolute atomic E-state index is 0. The van der Waals surface area contributed by atoms with Gasteiger partial charge in [0.15, 0.2) is 5.96 Å². The average molecular weight is 396 g/mol. The molecule has 2 N–H and O–H groups in total. The molecule has 20 heavy (non-hydrogen) atoms. The van der Waals surface area contributed by atoms with Crippen LogP contribution < -0.4 is 10.6 Å². The molecule has 1 aliphatic heterocycles. The highest BCUT2D eigenvalue weighted by Gasteiger charge is 2.14. The minimum atomic E-state index is 0. The molecule has 120 valence electrons. The van der Waals surface area contributed by atoms with Crippen molar-refractivity contribution in [3.8, 4) is 0 Å². The Kier molecular flexibility index (Phi) is 12.7. The minimum Gasteiger partial charge on any atom is -0.357 e. The van der Waals surface area contributed by atoms with Gasteiger partial charge in [-0.2, -0.15) is 0 Å². The van der Waals surface area contributed by atoms with Crippen LogP contribution >= 0.6 is 24.0 Å². The second kappa shape index (κ2) is 12.7. The first-order valence-corrected chi connectivity index (χ1v) is 8.00. The van der Waals surface area contributed by atoms with E-state index in [1.54, 1.807) is 0 Å². The van der Waals surface area contributed by atoms with Crippen LogP contribution in [0.2, 0.25) is 0 Å². The number of nitrogens with one attached hydrogen (secondary N) is 2. The fraction of sp³-hybridized carbons (Fsp3) is 0.933. The van der Waals surface area contributed by atoms with Crippen LogP contribution in [0.5, 0.6) is 0 Å². The predicted molar refractivity (Wildman–Crippen MR) is 99.1 cm³/mol. The van der Waals surface area contributed by atoms with Gasteiger partial charge in [0.2, 0.25) is 0 Å². The van der Waals surface area contributed by atoms with Crippen LogP contribution in [0.1, 0.15) is 46.5 Å². The quantitative estimate of drug-likeness (QED) is 0.301. The molecule has 0 aromatic carbocycles. The van der Waals surface area contributed by atoms with Crippen molar-refractivity contribution in [3.05, 3.63) is 0 Å². The summed E-state index contributed by atoms with van der Waals surface area (Å²) < 4.78 is 0. The van der Waals surface area contributed by atoms with E-state index >= 15 is 0 Å². The molecule has 1 fully saturated rings. The molecule has 1 heterocycles. The molecule has 1 saturated heterocycles. The number of piperidine rings is 1. The van der Waals surface area contributed by atoms with E-state index in [1.165, 1.54) is 45.3 Å². The fourth-order valence-electron chi connectivity index (χ4n) is 2.43. The zero-order valence-electron chi connectivity index (χ0n) is 13.5. The van der Waals surface area contributed by atoms with Gasteiger partial charge in [0.25, 0.3) is 0 Å². The van der Waals surface area contributed by atoms with Crippen LogP contribution in [-0.4, -0.2) is 50.1 Å². The van der Waals surface area contributed by atoms with Crippen molar-refractivity contribution in [1.29, 1.82) is 0 Å². The summed E-state index contributed by atoms with van der Waals surface area (Å²) in [5, 5.41) is 6.51. The van der Waals surface area contributed by atoms with Crippen molar-refractivity contribution < 1.29 is 0 Å². The van der Waals surface area contributed by atoms with Gasteiger partial charge >= 0.3 is 0 Å². The number of guanidine groups is 1. The summed E-state index contributed by atoms with van der Waals surface area (Å²) in [7, 11) is 0. The first-order valence-electron chi connectivity index (χ1n) is 8.00. The Balaban J connectivity index is 0.00000361. The van der Waals surface area contributed by atoms with Gasteiger partial charge < -0.3 is 15.5 Å². The highest BCUT2D eigenvalue weighted by atomic mass is 127. The van der Waals surface area contributed by atoms with E-state index in [0.717, 1.165) is 31.5 Å². The van der Waals surface area contributed by atoms with Crippen molar-refractivity contribution in [2.45, 2.75) is 46.5 Å². The number of hydrogen-bond donors (Lipinski definition) is 2. The van der Waals surface area contributed by atoms with Crippen LogP contribution in [0.3, 0.4) is 0 Å². The molecule has 0 bridgehead atoms. The van der Waals surface area contributed by atoms with Crippen molar-refractivity contribution in [2.75, 3.05) is 39.3 Å². The average Bonchev–Trinajstić information content (AvgIpc) is 2.41. The molecule has 0 aromatic rings. The highest BCUT2D eigenvalue weighted by Crippen LogP contribution is 2.16. The number of unbranched alkanes of at least 4 members (excludes halogenated alkanes) is 1. The van der Waals surface area contributed by atoms with E-state index in [0.29, 0.717) is 0 Å². The summed E-state index contributed by atoms with van der Waals surface area (Å²) in [5.74, 6) is 1.89. The number of aliphatic imine (C=N–C) groups is 1. The molecule has 0 atom stereocenters. The van der Waals surface area contributed by atoms with E-state index in [9.17, 15) is 0 Å². The van der Waals surface area contributed by atoms with Crippen LogP contribution in [0, 0.1) is 5.92 Å². The molecule has 0 radical (unpaired) electrons. The number of rotatable bonds is 7. The summed E-state index contributed by atoms with van der Waals surface area (Å²) in [6.45, 7) is 13.2. The van der Waals surface area contributed by atoms with E-state index in [2.05, 4.69) is 41.3 Å². The molecule has 0 aromatic heterocycles. The lowest BCUT2D eigenvalue weighted by Gasteiger charge is -2.30. The summed E-state index contributed by atoms with van der Waals surface area (Å²) in [6.07, 6.45) is 5.21. The molecule has 0 amide bonds. The molecule has 0 aliphatic carbocycles. The lowest BCUT2D eigenvalue weighted by atomic mass is 9.99. The van der Waals surface area contributed by atoms with Gasteiger partial charge in [-0.3, -0.25) is 4.99 Å². The van der Waals surface area contributed by atoms with E-state index in [1.807, 2.05) is 0 Å². The van der Waals surface area contributed by atoms with Gasteiger partial charge in [-0.15, -0.1) is 24.0 Å². The molecule has 5 heteroatoms. The Labute approximate surface area is 142 Å². The summed E-state index contributed by atoms with van der Waals surface area (Å²) in [4.78, 5) is 7.18. The number of likely N-dealkylation sites (tertiary alicyclic amines) is 1. The monoisotopic (exact) mass is 396 g/mol. The summed E-state index contributed by atoms with van der Waals surface area (Å²) >= 11 is 0. The Morgan fingerprint density at radius 3 is 2.25 bits per heavy atom. The van der Waals surface area contributed by atoms with Crippen LogP contribution in [0.4, 0.5) is 0 Å². The van der Waals surface area contributed by atoms with Crippen molar-refractivity contribution in [1.82, 2.24) is 15.5 Å². The van der Waals surface area contributed by atoms with Crippen LogP contribution in [0.25, 0.3) is 0 Å². The second-order valence-electron chi connectivity index (χ2n) is 5.52. The van der Waals surface area contributed by atoms with Gasteiger partial charge in [-0.05, 0) is 65.1 Å². The fourth-order valence-corrected chi connectivity index (χ4v) is 2.43. The van der Waals surface area contributed by atoms with Crippen molar-refractivity contribution >= 4 is 29.9 Å². The van der Waals surface area contributed by atoms with Crippen molar-refractivity contribution in [3.63, 3.8) is 0 Å². The van der Waals surface area contributed by atoms with Gasteiger partial charge in [0.05, 0.1) is 0 Å². The maximum atomic E-state index is 4.57. The number of halogens is 1. The third kappa shape index (κ3) is 9.00. The molecular formula is C15H33IN4. The normalized spacial score (nSPS) is 16.4. The first kappa shape index (κ1) is 20.0. The van der Waals surface area contributed by atoms with Crippen LogP contribution in [-0.2, 0) is 0 Å². The molecule has 1 aliphatic rings. The number of hydrogen-bond acceptors (Lipinski definition) is 2. The zero-order valence-corrected chi connectivity index (χ0v) is 15.8. The summed E-state index contributed by atoms with van der Waals surface area (Å²) in [6, 6.07) is 0. The zero-order chi connectivity index (χ0) is 13.9. The van der Waals surface area contributed by atoms with E-state index < -0.39 is 0 Å². The molecule has 4 nitrogen and oxygen atoms in total. The van der Waals surface area contributed by atoms with Crippen molar-refractivity contribution in [2.24, 2.45) is 10.9 Å². The van der Waals surface area contributed by atoms with Gasteiger partial charge in [-0.25, -0.2) is 0 Å². The second-order valence-corrected chi connectivity index (χ2v) is 5.52. The molecule has 0 unspecified atom stereocenters. The molecule has 0 saturated carbocycles. The maximum Gasteiger partial charge on any atom is 0.191 e. The first-order chi connectivity index (χ1) is 9.26. The Morgan fingerprint density at radius 2 is 1.70 bits per heavy atom. The van der Waals surface area contributed by atoms with Gasteiger partial charge in [0, 0.05) is 19.6 Å². The Hall–Kier alpha value is -0.0400. The lowest BCUT2D eigenvalue weighted by Crippen LogP contribution is -2.37.